The van der Waals surface area contributed by atoms with Crippen molar-refractivity contribution in [3.05, 3.63) is 158 Å². The molecule has 9 rings (SSSR count). The molecule has 2 heteroatoms. The molecule has 0 aromatic heterocycles. The molecule has 0 atom stereocenters. The normalized spacial score (nSPS) is 12.5. The third kappa shape index (κ3) is 4.58. The maximum Gasteiger partial charge on any atom is 0.161 e. The van der Waals surface area contributed by atoms with Gasteiger partial charge in [-0.25, -0.2) is 0 Å². The molecule has 2 nitrogen and oxygen atoms in total. The maximum atomic E-state index is 5.80. The van der Waals surface area contributed by atoms with Gasteiger partial charge in [-0.1, -0.05) is 127 Å². The Hall–Kier alpha value is -5.86. The van der Waals surface area contributed by atoms with E-state index >= 15 is 0 Å². The third-order valence-electron chi connectivity index (χ3n) is 9.23. The van der Waals surface area contributed by atoms with E-state index in [2.05, 4.69) is 152 Å². The van der Waals surface area contributed by atoms with Crippen LogP contribution in [0.25, 0.3) is 76.8 Å². The molecule has 0 radical (unpaired) electrons. The largest absolute Gasteiger partial charge is 0.486 e. The number of rotatable bonds is 4. The first-order chi connectivity index (χ1) is 22.8. The second kappa shape index (κ2) is 10.9. The van der Waals surface area contributed by atoms with Crippen LogP contribution in [0.1, 0.15) is 0 Å². The first kappa shape index (κ1) is 26.5. The van der Waals surface area contributed by atoms with Gasteiger partial charge in [0.05, 0.1) is 0 Å². The van der Waals surface area contributed by atoms with Gasteiger partial charge in [-0.3, -0.25) is 0 Å². The van der Waals surface area contributed by atoms with Gasteiger partial charge in [0.25, 0.3) is 0 Å². The van der Waals surface area contributed by atoms with Crippen molar-refractivity contribution < 1.29 is 9.47 Å². The summed E-state index contributed by atoms with van der Waals surface area (Å²) in [5.74, 6) is 1.63. The van der Waals surface area contributed by atoms with Gasteiger partial charge >= 0.3 is 0 Å². The highest BCUT2D eigenvalue weighted by Crippen LogP contribution is 2.39. The number of hydrogen-bond donors (Lipinski definition) is 0. The summed E-state index contributed by atoms with van der Waals surface area (Å²) in [5, 5.41) is 7.78. The van der Waals surface area contributed by atoms with Gasteiger partial charge < -0.3 is 9.47 Å². The zero-order valence-corrected chi connectivity index (χ0v) is 25.2. The zero-order chi connectivity index (χ0) is 30.5. The first-order valence-corrected chi connectivity index (χ1v) is 15.8. The Kier molecular flexibility index (Phi) is 6.31. The number of hydrogen-bond acceptors (Lipinski definition) is 2. The Bertz CT molecular complexity index is 2380. The molecule has 0 saturated heterocycles. The molecule has 1 aliphatic heterocycles. The van der Waals surface area contributed by atoms with Crippen molar-refractivity contribution >= 4 is 32.3 Å². The Labute approximate surface area is 268 Å². The van der Waals surface area contributed by atoms with Crippen molar-refractivity contribution in [2.75, 3.05) is 13.2 Å². The molecule has 0 unspecified atom stereocenters. The second-order valence-corrected chi connectivity index (χ2v) is 11.9. The lowest BCUT2D eigenvalue weighted by Gasteiger charge is -2.19. The van der Waals surface area contributed by atoms with Crippen molar-refractivity contribution in [1.82, 2.24) is 0 Å². The molecule has 218 valence electrons. The van der Waals surface area contributed by atoms with Gasteiger partial charge in [0.15, 0.2) is 11.5 Å². The minimum atomic E-state index is 0.589. The van der Waals surface area contributed by atoms with Crippen LogP contribution in [0.2, 0.25) is 0 Å². The summed E-state index contributed by atoms with van der Waals surface area (Å²) in [6, 6.07) is 57.1. The van der Waals surface area contributed by atoms with E-state index in [1.165, 1.54) is 65.7 Å². The Balaban J connectivity index is 1.05. The summed E-state index contributed by atoms with van der Waals surface area (Å²) in [4.78, 5) is 0. The summed E-state index contributed by atoms with van der Waals surface area (Å²) >= 11 is 0. The third-order valence-corrected chi connectivity index (χ3v) is 9.23. The summed E-state index contributed by atoms with van der Waals surface area (Å²) in [5.41, 5.74) is 9.50. The van der Waals surface area contributed by atoms with Crippen LogP contribution in [-0.2, 0) is 0 Å². The number of ether oxygens (including phenoxy) is 2. The second-order valence-electron chi connectivity index (χ2n) is 11.9. The molecule has 1 aliphatic rings. The predicted molar refractivity (Wildman–Crippen MR) is 192 cm³/mol. The lowest BCUT2D eigenvalue weighted by Crippen LogP contribution is -2.15. The van der Waals surface area contributed by atoms with E-state index in [-0.39, 0.29) is 0 Å². The first-order valence-electron chi connectivity index (χ1n) is 15.8. The average Bonchev–Trinajstić information content (AvgIpc) is 3.15. The molecule has 0 aliphatic carbocycles. The highest BCUT2D eigenvalue weighted by Gasteiger charge is 2.13. The monoisotopic (exact) mass is 590 g/mol. The van der Waals surface area contributed by atoms with E-state index < -0.39 is 0 Å². The molecule has 8 aromatic rings. The van der Waals surface area contributed by atoms with E-state index in [9.17, 15) is 0 Å². The molecule has 0 spiro atoms. The van der Waals surface area contributed by atoms with Gasteiger partial charge in [0, 0.05) is 0 Å². The van der Waals surface area contributed by atoms with E-state index in [0.29, 0.717) is 13.2 Å². The standard InChI is InChI=1S/C44H30O2/c1-2-13-39-37(11-1)38-12-3-4-14-40(38)42-27-35(19-21-41(39)42)34-10-6-9-33(26-34)32-8-5-7-31(25-32)29-15-17-30(18-16-29)36-20-22-43-44(28-36)46-24-23-45-43/h1-22,25-28H,23-24H2. The van der Waals surface area contributed by atoms with Crippen molar-refractivity contribution in [3.8, 4) is 56.0 Å². The quantitative estimate of drug-likeness (QED) is 0.190. The van der Waals surface area contributed by atoms with Crippen LogP contribution in [0, 0.1) is 0 Å². The summed E-state index contributed by atoms with van der Waals surface area (Å²) in [6.07, 6.45) is 0. The zero-order valence-electron chi connectivity index (χ0n) is 25.2. The molecule has 0 bridgehead atoms. The van der Waals surface area contributed by atoms with Crippen LogP contribution in [0.4, 0.5) is 0 Å². The summed E-state index contributed by atoms with van der Waals surface area (Å²) in [6.45, 7) is 1.19. The van der Waals surface area contributed by atoms with Crippen LogP contribution >= 0.6 is 0 Å². The smallest absolute Gasteiger partial charge is 0.161 e. The minimum absolute atomic E-state index is 0.589. The fourth-order valence-corrected chi connectivity index (χ4v) is 6.92. The fourth-order valence-electron chi connectivity index (χ4n) is 6.92. The SMILES string of the molecule is c1cc(-c2ccc(-c3ccc4c(c3)OCCO4)cc2)cc(-c2cccc(-c3ccc4c5ccccc5c5ccccc5c4c3)c2)c1. The Morgan fingerprint density at radius 3 is 1.22 bits per heavy atom. The van der Waals surface area contributed by atoms with Crippen LogP contribution in [0.3, 0.4) is 0 Å². The molecule has 0 saturated carbocycles. The van der Waals surface area contributed by atoms with Crippen LogP contribution in [0.15, 0.2) is 158 Å². The number of benzene rings is 8. The predicted octanol–water partition coefficient (Wildman–Crippen LogP) is 11.6. The van der Waals surface area contributed by atoms with Gasteiger partial charge in [0.2, 0.25) is 0 Å². The molecular formula is C44H30O2. The van der Waals surface area contributed by atoms with Crippen molar-refractivity contribution in [1.29, 1.82) is 0 Å². The van der Waals surface area contributed by atoms with Gasteiger partial charge in [-0.05, 0) is 107 Å². The molecule has 0 fully saturated rings. The molecule has 8 aromatic carbocycles. The number of fused-ring (bicyclic) bond motifs is 7. The molecule has 0 N–H and O–H groups in total. The van der Waals surface area contributed by atoms with Crippen LogP contribution in [0.5, 0.6) is 11.5 Å². The van der Waals surface area contributed by atoms with E-state index in [4.69, 9.17) is 9.47 Å². The van der Waals surface area contributed by atoms with Gasteiger partial charge in [0.1, 0.15) is 13.2 Å². The highest BCUT2D eigenvalue weighted by atomic mass is 16.6. The van der Waals surface area contributed by atoms with Crippen molar-refractivity contribution in [2.24, 2.45) is 0 Å². The summed E-state index contributed by atoms with van der Waals surface area (Å²) in [7, 11) is 0. The molecule has 46 heavy (non-hydrogen) atoms. The van der Waals surface area contributed by atoms with Crippen LogP contribution < -0.4 is 9.47 Å². The molecule has 0 amide bonds. The average molecular weight is 591 g/mol. The van der Waals surface area contributed by atoms with E-state index in [1.54, 1.807) is 0 Å². The summed E-state index contributed by atoms with van der Waals surface area (Å²) < 4.78 is 11.5. The lowest BCUT2D eigenvalue weighted by atomic mass is 9.91. The van der Waals surface area contributed by atoms with Crippen LogP contribution in [-0.4, -0.2) is 13.2 Å². The highest BCUT2D eigenvalue weighted by molar-refractivity contribution is 6.25. The van der Waals surface area contributed by atoms with E-state index in [1.807, 2.05) is 6.07 Å². The maximum absolute atomic E-state index is 5.80. The Morgan fingerprint density at radius 2 is 0.652 bits per heavy atom. The van der Waals surface area contributed by atoms with Crippen molar-refractivity contribution in [3.63, 3.8) is 0 Å². The van der Waals surface area contributed by atoms with Gasteiger partial charge in [-0.15, -0.1) is 0 Å². The van der Waals surface area contributed by atoms with Crippen molar-refractivity contribution in [2.45, 2.75) is 0 Å². The minimum Gasteiger partial charge on any atom is -0.486 e. The van der Waals surface area contributed by atoms with Gasteiger partial charge in [-0.2, -0.15) is 0 Å². The Morgan fingerprint density at radius 1 is 0.261 bits per heavy atom. The molecular weight excluding hydrogens is 560 g/mol. The van der Waals surface area contributed by atoms with E-state index in [0.717, 1.165) is 22.6 Å². The lowest BCUT2D eigenvalue weighted by molar-refractivity contribution is 0.171. The fraction of sp³-hybridized carbons (Fsp3) is 0.0455. The molecule has 1 heterocycles. The topological polar surface area (TPSA) is 18.5 Å².